The van der Waals surface area contributed by atoms with Crippen LogP contribution in [0.5, 0.6) is 5.75 Å². The minimum atomic E-state index is 0.160. The van der Waals surface area contributed by atoms with Crippen molar-refractivity contribution in [2.24, 2.45) is 0 Å². The lowest BCUT2D eigenvalue weighted by atomic mass is 9.95. The Morgan fingerprint density at radius 1 is 1.12 bits per heavy atom. The van der Waals surface area contributed by atoms with Crippen LogP contribution in [-0.2, 0) is 0 Å². The Bertz CT molecular complexity index is 666. The molecule has 0 aliphatic carbocycles. The minimum absolute atomic E-state index is 0.160. The molecular weight excluding hydrogens is 320 g/mol. The average Bonchev–Trinajstić information content (AvgIpc) is 2.60. The molecule has 0 bridgehead atoms. The van der Waals surface area contributed by atoms with Crippen molar-refractivity contribution in [3.63, 3.8) is 0 Å². The molecule has 3 rings (SSSR count). The predicted octanol–water partition coefficient (Wildman–Crippen LogP) is 4.04. The molecule has 128 valence electrons. The average molecular weight is 345 g/mol. The molecule has 1 fully saturated rings. The van der Waals surface area contributed by atoms with Gasteiger partial charge in [-0.2, -0.15) is 0 Å². The van der Waals surface area contributed by atoms with Gasteiger partial charge in [0.2, 0.25) is 0 Å². The fourth-order valence-corrected chi connectivity index (χ4v) is 3.48. The summed E-state index contributed by atoms with van der Waals surface area (Å²) in [7, 11) is 0. The highest BCUT2D eigenvalue weighted by Crippen LogP contribution is 2.36. The Kier molecular flexibility index (Phi) is 5.77. The Morgan fingerprint density at radius 3 is 2.50 bits per heavy atom. The SMILES string of the molecule is CCOc1ccc(Cl)cc1C(c1ccc(C)cc1)N1CCNCC1. The second-order valence-corrected chi connectivity index (χ2v) is 6.65. The normalized spacial score (nSPS) is 16.8. The number of rotatable bonds is 5. The van der Waals surface area contributed by atoms with E-state index in [0.29, 0.717) is 6.61 Å². The molecule has 1 atom stereocenters. The number of nitrogens with one attached hydrogen (secondary N) is 1. The molecule has 0 spiro atoms. The lowest BCUT2D eigenvalue weighted by Crippen LogP contribution is -2.45. The zero-order valence-corrected chi connectivity index (χ0v) is 15.1. The van der Waals surface area contributed by atoms with Crippen molar-refractivity contribution < 1.29 is 4.74 Å². The van der Waals surface area contributed by atoms with Crippen molar-refractivity contribution in [2.45, 2.75) is 19.9 Å². The number of ether oxygens (including phenoxy) is 1. The molecular formula is C20H25ClN2O. The van der Waals surface area contributed by atoms with E-state index in [2.05, 4.69) is 47.5 Å². The van der Waals surface area contributed by atoms with Crippen molar-refractivity contribution in [3.8, 4) is 5.75 Å². The Hall–Kier alpha value is -1.55. The molecule has 1 saturated heterocycles. The predicted molar refractivity (Wildman–Crippen MR) is 100 cm³/mol. The third-order valence-electron chi connectivity index (χ3n) is 4.48. The molecule has 2 aromatic carbocycles. The summed E-state index contributed by atoms with van der Waals surface area (Å²) in [5.41, 5.74) is 3.70. The van der Waals surface area contributed by atoms with Gasteiger partial charge in [-0.3, -0.25) is 4.90 Å². The van der Waals surface area contributed by atoms with E-state index >= 15 is 0 Å². The molecule has 1 unspecified atom stereocenters. The second kappa shape index (κ2) is 8.02. The molecule has 0 aromatic heterocycles. The molecule has 1 aliphatic rings. The van der Waals surface area contributed by atoms with Gasteiger partial charge < -0.3 is 10.1 Å². The number of hydrogen-bond acceptors (Lipinski definition) is 3. The van der Waals surface area contributed by atoms with E-state index in [-0.39, 0.29) is 6.04 Å². The van der Waals surface area contributed by atoms with E-state index in [1.807, 2.05) is 19.1 Å². The number of hydrogen-bond donors (Lipinski definition) is 1. The van der Waals surface area contributed by atoms with Gasteiger partial charge in [-0.05, 0) is 37.6 Å². The van der Waals surface area contributed by atoms with Crippen molar-refractivity contribution >= 4 is 11.6 Å². The maximum atomic E-state index is 6.33. The van der Waals surface area contributed by atoms with Crippen molar-refractivity contribution in [3.05, 3.63) is 64.2 Å². The summed E-state index contributed by atoms with van der Waals surface area (Å²) in [6.45, 7) is 8.82. The van der Waals surface area contributed by atoms with Crippen LogP contribution in [0.4, 0.5) is 0 Å². The number of benzene rings is 2. The smallest absolute Gasteiger partial charge is 0.124 e. The molecule has 3 nitrogen and oxygen atoms in total. The molecule has 4 heteroatoms. The molecule has 0 saturated carbocycles. The first-order chi connectivity index (χ1) is 11.7. The van der Waals surface area contributed by atoms with Gasteiger partial charge in [-0.1, -0.05) is 41.4 Å². The highest BCUT2D eigenvalue weighted by atomic mass is 35.5. The minimum Gasteiger partial charge on any atom is -0.494 e. The van der Waals surface area contributed by atoms with Crippen molar-refractivity contribution in [1.29, 1.82) is 0 Å². The Balaban J connectivity index is 2.06. The first-order valence-electron chi connectivity index (χ1n) is 8.62. The highest BCUT2D eigenvalue weighted by molar-refractivity contribution is 6.30. The largest absolute Gasteiger partial charge is 0.494 e. The number of halogens is 1. The first-order valence-corrected chi connectivity index (χ1v) is 9.00. The monoisotopic (exact) mass is 344 g/mol. The summed E-state index contributed by atoms with van der Waals surface area (Å²) >= 11 is 6.33. The van der Waals surface area contributed by atoms with Crippen molar-refractivity contribution in [2.75, 3.05) is 32.8 Å². The Morgan fingerprint density at radius 2 is 1.83 bits per heavy atom. The Labute approximate surface area is 149 Å². The van der Waals surface area contributed by atoms with Gasteiger partial charge in [0.25, 0.3) is 0 Å². The van der Waals surface area contributed by atoms with E-state index in [1.165, 1.54) is 11.1 Å². The summed E-state index contributed by atoms with van der Waals surface area (Å²) < 4.78 is 5.91. The quantitative estimate of drug-likeness (QED) is 0.885. The zero-order valence-electron chi connectivity index (χ0n) is 14.4. The second-order valence-electron chi connectivity index (χ2n) is 6.21. The lowest BCUT2D eigenvalue weighted by Gasteiger charge is -2.36. The maximum Gasteiger partial charge on any atom is 0.124 e. The van der Waals surface area contributed by atoms with Gasteiger partial charge in [-0.25, -0.2) is 0 Å². The van der Waals surface area contributed by atoms with Gasteiger partial charge in [0.15, 0.2) is 0 Å². The molecule has 0 radical (unpaired) electrons. The molecule has 1 aliphatic heterocycles. The highest BCUT2D eigenvalue weighted by Gasteiger charge is 2.26. The number of piperazine rings is 1. The summed E-state index contributed by atoms with van der Waals surface area (Å²) in [5.74, 6) is 0.922. The fourth-order valence-electron chi connectivity index (χ4n) is 3.30. The number of aryl methyl sites for hydroxylation is 1. The third-order valence-corrected chi connectivity index (χ3v) is 4.71. The summed E-state index contributed by atoms with van der Waals surface area (Å²) in [6.07, 6.45) is 0. The summed E-state index contributed by atoms with van der Waals surface area (Å²) in [6, 6.07) is 14.9. The van der Waals surface area contributed by atoms with E-state index in [9.17, 15) is 0 Å². The zero-order chi connectivity index (χ0) is 16.9. The van der Waals surface area contributed by atoms with Gasteiger partial charge >= 0.3 is 0 Å². The van der Waals surface area contributed by atoms with Gasteiger partial charge in [0, 0.05) is 36.8 Å². The van der Waals surface area contributed by atoms with Gasteiger partial charge in [0.1, 0.15) is 5.75 Å². The standard InChI is InChI=1S/C20H25ClN2O/c1-3-24-19-9-8-17(21)14-18(19)20(23-12-10-22-11-13-23)16-6-4-15(2)5-7-16/h4-9,14,20,22H,3,10-13H2,1-2H3. The van der Waals surface area contributed by atoms with Crippen LogP contribution in [0.2, 0.25) is 5.02 Å². The maximum absolute atomic E-state index is 6.33. The lowest BCUT2D eigenvalue weighted by molar-refractivity contribution is 0.194. The van der Waals surface area contributed by atoms with E-state index in [0.717, 1.165) is 42.5 Å². The molecule has 2 aromatic rings. The summed E-state index contributed by atoms with van der Waals surface area (Å²) in [4.78, 5) is 2.51. The van der Waals surface area contributed by atoms with Crippen LogP contribution in [0.3, 0.4) is 0 Å². The van der Waals surface area contributed by atoms with Crippen LogP contribution in [0.15, 0.2) is 42.5 Å². The van der Waals surface area contributed by atoms with Gasteiger partial charge in [-0.15, -0.1) is 0 Å². The molecule has 0 amide bonds. The van der Waals surface area contributed by atoms with Crippen LogP contribution in [0, 0.1) is 6.92 Å². The van der Waals surface area contributed by atoms with E-state index in [4.69, 9.17) is 16.3 Å². The van der Waals surface area contributed by atoms with Crippen LogP contribution in [0.25, 0.3) is 0 Å². The van der Waals surface area contributed by atoms with Gasteiger partial charge in [0.05, 0.1) is 12.6 Å². The number of nitrogens with zero attached hydrogens (tertiary/aromatic N) is 1. The first kappa shape index (κ1) is 17.3. The topological polar surface area (TPSA) is 24.5 Å². The van der Waals surface area contributed by atoms with Crippen LogP contribution in [0.1, 0.15) is 29.7 Å². The third kappa shape index (κ3) is 3.92. The molecule has 24 heavy (non-hydrogen) atoms. The van der Waals surface area contributed by atoms with Crippen LogP contribution < -0.4 is 10.1 Å². The molecule has 1 heterocycles. The van der Waals surface area contributed by atoms with Crippen LogP contribution in [-0.4, -0.2) is 37.7 Å². The molecule has 1 N–H and O–H groups in total. The fraction of sp³-hybridized carbons (Fsp3) is 0.400. The van der Waals surface area contributed by atoms with E-state index in [1.54, 1.807) is 0 Å². The summed E-state index contributed by atoms with van der Waals surface area (Å²) in [5, 5.41) is 4.18. The van der Waals surface area contributed by atoms with E-state index < -0.39 is 0 Å². The van der Waals surface area contributed by atoms with Crippen LogP contribution >= 0.6 is 11.6 Å². The van der Waals surface area contributed by atoms with Crippen molar-refractivity contribution in [1.82, 2.24) is 10.2 Å².